The van der Waals surface area contributed by atoms with Crippen molar-refractivity contribution >= 4 is 11.5 Å². The molecule has 0 aliphatic rings. The number of hydrogen-bond acceptors (Lipinski definition) is 4. The second kappa shape index (κ2) is 3.29. The number of nitrogens with two attached hydrogens (primary N) is 1. The van der Waals surface area contributed by atoms with Crippen LogP contribution >= 0.6 is 0 Å². The maximum atomic E-state index is 10.5. The lowest BCUT2D eigenvalue weighted by atomic mass is 10.1. The minimum absolute atomic E-state index is 0.124. The van der Waals surface area contributed by atoms with E-state index in [1.807, 2.05) is 30.3 Å². The number of H-pyrrole nitrogens is 1. The number of rotatable bonds is 2. The monoisotopic (exact) mass is 188 g/mol. The summed E-state index contributed by atoms with van der Waals surface area (Å²) >= 11 is 0. The first-order valence-corrected chi connectivity index (χ1v) is 4.05. The number of nitrogen functional groups attached to an aromatic ring is 1. The Morgan fingerprint density at radius 3 is 2.64 bits per heavy atom. The van der Waals surface area contributed by atoms with E-state index in [0.717, 1.165) is 5.56 Å². The average molecular weight is 188 g/mol. The summed E-state index contributed by atoms with van der Waals surface area (Å²) in [6.07, 6.45) is 0. The van der Waals surface area contributed by atoms with Gasteiger partial charge in [-0.3, -0.25) is 5.10 Å². The van der Waals surface area contributed by atoms with Crippen LogP contribution < -0.4 is 5.73 Å². The topological polar surface area (TPSA) is 84.1 Å². The van der Waals surface area contributed by atoms with Crippen molar-refractivity contribution in [3.05, 3.63) is 35.2 Å². The van der Waals surface area contributed by atoms with Crippen molar-refractivity contribution in [3.63, 3.8) is 0 Å². The first-order valence-electron chi connectivity index (χ1n) is 4.05. The third-order valence-electron chi connectivity index (χ3n) is 1.92. The van der Waals surface area contributed by atoms with Gasteiger partial charge < -0.3 is 5.73 Å². The van der Waals surface area contributed by atoms with Crippen molar-refractivity contribution in [2.24, 2.45) is 5.18 Å². The highest BCUT2D eigenvalue weighted by atomic mass is 16.3. The minimum Gasteiger partial charge on any atom is -0.380 e. The van der Waals surface area contributed by atoms with E-state index in [-0.39, 0.29) is 11.5 Å². The van der Waals surface area contributed by atoms with E-state index in [1.165, 1.54) is 0 Å². The van der Waals surface area contributed by atoms with Crippen LogP contribution in [0.5, 0.6) is 0 Å². The summed E-state index contributed by atoms with van der Waals surface area (Å²) in [5.41, 5.74) is 7.01. The second-order valence-electron chi connectivity index (χ2n) is 2.79. The Morgan fingerprint density at radius 1 is 1.29 bits per heavy atom. The van der Waals surface area contributed by atoms with Gasteiger partial charge in [0.15, 0.2) is 11.5 Å². The van der Waals surface area contributed by atoms with Crippen LogP contribution in [0.15, 0.2) is 35.5 Å². The Morgan fingerprint density at radius 2 is 2.00 bits per heavy atom. The van der Waals surface area contributed by atoms with Gasteiger partial charge in [-0.1, -0.05) is 30.3 Å². The largest absolute Gasteiger partial charge is 0.380 e. The number of benzene rings is 1. The minimum atomic E-state index is 0.124. The third-order valence-corrected chi connectivity index (χ3v) is 1.92. The summed E-state index contributed by atoms with van der Waals surface area (Å²) in [7, 11) is 0. The van der Waals surface area contributed by atoms with Crippen molar-refractivity contribution in [1.82, 2.24) is 10.2 Å². The predicted molar refractivity (Wildman–Crippen MR) is 53.9 cm³/mol. The molecule has 0 amide bonds. The van der Waals surface area contributed by atoms with Crippen LogP contribution in [0.1, 0.15) is 0 Å². The number of anilines is 1. The standard InChI is InChI=1S/C9H8N4O/c10-9-8(13-14)7(11-12-9)6-4-2-1-3-5-6/h1-5H,(H3,10,11,12). The van der Waals surface area contributed by atoms with Gasteiger partial charge in [0.25, 0.3) is 0 Å². The summed E-state index contributed by atoms with van der Waals surface area (Å²) in [5.74, 6) is 0.124. The molecule has 5 heteroatoms. The normalized spacial score (nSPS) is 10.0. The first-order chi connectivity index (χ1) is 6.83. The molecule has 0 saturated heterocycles. The summed E-state index contributed by atoms with van der Waals surface area (Å²) in [4.78, 5) is 10.5. The lowest BCUT2D eigenvalue weighted by Crippen LogP contribution is -1.82. The number of hydrogen-bond donors (Lipinski definition) is 2. The van der Waals surface area contributed by atoms with E-state index >= 15 is 0 Å². The van der Waals surface area contributed by atoms with Crippen molar-refractivity contribution in [3.8, 4) is 11.3 Å². The maximum absolute atomic E-state index is 10.5. The van der Waals surface area contributed by atoms with E-state index < -0.39 is 0 Å². The van der Waals surface area contributed by atoms with Gasteiger partial charge in [0.05, 0.1) is 5.69 Å². The Hall–Kier alpha value is -2.17. The highest BCUT2D eigenvalue weighted by Crippen LogP contribution is 2.32. The van der Waals surface area contributed by atoms with Crippen LogP contribution in [0.3, 0.4) is 0 Å². The lowest BCUT2D eigenvalue weighted by Gasteiger charge is -1.95. The van der Waals surface area contributed by atoms with Crippen LogP contribution in [0.4, 0.5) is 11.5 Å². The number of aromatic nitrogens is 2. The molecule has 0 unspecified atom stereocenters. The zero-order valence-corrected chi connectivity index (χ0v) is 7.27. The Balaban J connectivity index is 2.57. The van der Waals surface area contributed by atoms with Gasteiger partial charge in [0.2, 0.25) is 0 Å². The number of nitrogens with one attached hydrogen (secondary N) is 1. The maximum Gasteiger partial charge on any atom is 0.177 e. The first kappa shape index (κ1) is 8.43. The van der Waals surface area contributed by atoms with Crippen LogP contribution in [-0.2, 0) is 0 Å². The molecule has 0 bridgehead atoms. The van der Waals surface area contributed by atoms with E-state index in [4.69, 9.17) is 5.73 Å². The predicted octanol–water partition coefficient (Wildman–Crippen LogP) is 2.06. The summed E-state index contributed by atoms with van der Waals surface area (Å²) in [5, 5.41) is 9.23. The van der Waals surface area contributed by atoms with Crippen molar-refractivity contribution < 1.29 is 0 Å². The third kappa shape index (κ3) is 1.24. The van der Waals surface area contributed by atoms with E-state index in [9.17, 15) is 4.91 Å². The SMILES string of the molecule is Nc1n[nH]c(-c2ccccc2)c1N=O. The molecule has 0 atom stereocenters. The second-order valence-corrected chi connectivity index (χ2v) is 2.79. The molecule has 70 valence electrons. The molecule has 2 aromatic rings. The molecule has 1 heterocycles. The summed E-state index contributed by atoms with van der Waals surface area (Å²) in [6.45, 7) is 0. The van der Waals surface area contributed by atoms with E-state index in [1.54, 1.807) is 0 Å². The highest BCUT2D eigenvalue weighted by Gasteiger charge is 2.12. The fourth-order valence-electron chi connectivity index (χ4n) is 1.25. The van der Waals surface area contributed by atoms with E-state index in [0.29, 0.717) is 5.69 Å². The quantitative estimate of drug-likeness (QED) is 0.707. The molecule has 0 saturated carbocycles. The molecule has 1 aromatic heterocycles. The molecule has 1 aromatic carbocycles. The molecular formula is C9H8N4O. The summed E-state index contributed by atoms with van der Waals surface area (Å²) < 4.78 is 0. The number of nitrogens with zero attached hydrogens (tertiary/aromatic N) is 2. The zero-order chi connectivity index (χ0) is 9.97. The van der Waals surface area contributed by atoms with Gasteiger partial charge in [0.1, 0.15) is 0 Å². The Kier molecular flexibility index (Phi) is 1.98. The zero-order valence-electron chi connectivity index (χ0n) is 7.27. The van der Waals surface area contributed by atoms with E-state index in [2.05, 4.69) is 15.4 Å². The Labute approximate surface area is 79.9 Å². The molecule has 0 aliphatic carbocycles. The van der Waals surface area contributed by atoms with Crippen molar-refractivity contribution in [1.29, 1.82) is 0 Å². The van der Waals surface area contributed by atoms with Crippen molar-refractivity contribution in [2.45, 2.75) is 0 Å². The van der Waals surface area contributed by atoms with Crippen LogP contribution in [-0.4, -0.2) is 10.2 Å². The molecule has 0 fully saturated rings. The smallest absolute Gasteiger partial charge is 0.177 e. The van der Waals surface area contributed by atoms with Gasteiger partial charge in [-0.25, -0.2) is 0 Å². The fraction of sp³-hybridized carbons (Fsp3) is 0. The lowest BCUT2D eigenvalue weighted by molar-refractivity contribution is 1.10. The van der Waals surface area contributed by atoms with Crippen LogP contribution in [0, 0.1) is 4.91 Å². The van der Waals surface area contributed by atoms with Crippen molar-refractivity contribution in [2.75, 3.05) is 5.73 Å². The fourth-order valence-corrected chi connectivity index (χ4v) is 1.25. The molecule has 0 radical (unpaired) electrons. The highest BCUT2D eigenvalue weighted by molar-refractivity contribution is 5.79. The molecule has 0 aliphatic heterocycles. The number of nitroso groups, excluding NO2 is 1. The molecule has 2 rings (SSSR count). The molecule has 14 heavy (non-hydrogen) atoms. The number of aromatic amines is 1. The van der Waals surface area contributed by atoms with Crippen LogP contribution in [0.25, 0.3) is 11.3 Å². The van der Waals surface area contributed by atoms with Crippen LogP contribution in [0.2, 0.25) is 0 Å². The molecule has 3 N–H and O–H groups in total. The van der Waals surface area contributed by atoms with Gasteiger partial charge in [-0.15, -0.1) is 4.91 Å². The Bertz CT molecular complexity index is 449. The summed E-state index contributed by atoms with van der Waals surface area (Å²) in [6, 6.07) is 9.31. The molecular weight excluding hydrogens is 180 g/mol. The molecule has 5 nitrogen and oxygen atoms in total. The van der Waals surface area contributed by atoms with Gasteiger partial charge >= 0.3 is 0 Å². The average Bonchev–Trinajstić information content (AvgIpc) is 2.61. The van der Waals surface area contributed by atoms with Gasteiger partial charge in [0, 0.05) is 5.56 Å². The molecule has 0 spiro atoms. The van der Waals surface area contributed by atoms with Gasteiger partial charge in [-0.2, -0.15) is 5.10 Å². The van der Waals surface area contributed by atoms with Gasteiger partial charge in [-0.05, 0) is 5.18 Å².